The zero-order chi connectivity index (χ0) is 28.1. The summed E-state index contributed by atoms with van der Waals surface area (Å²) >= 11 is 0. The third-order valence-electron chi connectivity index (χ3n) is 3.46. The van der Waals surface area contributed by atoms with Crippen LogP contribution in [0.15, 0.2) is 0 Å². The molecule has 0 aromatic rings. The zero-order valence-corrected chi connectivity index (χ0v) is 22.6. The lowest BCUT2D eigenvalue weighted by atomic mass is 10.0. The van der Waals surface area contributed by atoms with Gasteiger partial charge in [-0.05, 0) is 0 Å². The van der Waals surface area contributed by atoms with E-state index in [1.807, 2.05) is 0 Å². The molecule has 0 radical (unpaired) electrons. The largest absolute Gasteiger partial charge is 0.466 e. The Morgan fingerprint density at radius 1 is 0.412 bits per heavy atom. The Labute approximate surface area is 201 Å². The third-order valence-corrected chi connectivity index (χ3v) is 3.46. The van der Waals surface area contributed by atoms with Crippen molar-refractivity contribution in [2.75, 3.05) is 6.93 Å². The monoisotopic (exact) mass is 572 g/mol. The molecule has 0 aromatic heterocycles. The van der Waals surface area contributed by atoms with E-state index < -0.39 is 30.4 Å². The van der Waals surface area contributed by atoms with Gasteiger partial charge >= 0.3 is 23.5 Å². The topological polar surface area (TPSA) is 233 Å². The number of phosphoric acid groups is 3. The standard InChI is InChI=1S/C16H34.CH2F2.3H3O4P/c1-3-5-7-9-11-13-15-16-14-12-10-8-6-4-2;2-1-3;3*1-5(2,3)4/h3-16H2,1-2H3;1H2;3*(H3,1,2,3,4). The van der Waals surface area contributed by atoms with Gasteiger partial charge in [0.25, 0.3) is 0 Å². The third kappa shape index (κ3) is 180. The molecule has 0 aromatic carbocycles. The van der Waals surface area contributed by atoms with E-state index in [9.17, 15) is 8.78 Å². The average molecular weight is 572 g/mol. The van der Waals surface area contributed by atoms with Crippen molar-refractivity contribution >= 4 is 23.5 Å². The molecule has 0 unspecified atom stereocenters. The van der Waals surface area contributed by atoms with Crippen molar-refractivity contribution in [3.63, 3.8) is 0 Å². The van der Waals surface area contributed by atoms with E-state index in [1.165, 1.54) is 89.9 Å². The summed E-state index contributed by atoms with van der Waals surface area (Å²) in [6, 6.07) is 0. The molecule has 0 atom stereocenters. The van der Waals surface area contributed by atoms with Gasteiger partial charge in [-0.25, -0.2) is 22.5 Å². The van der Waals surface area contributed by atoms with Gasteiger partial charge in [0.05, 0.1) is 0 Å². The van der Waals surface area contributed by atoms with Crippen LogP contribution in [0.5, 0.6) is 0 Å². The van der Waals surface area contributed by atoms with Crippen LogP contribution in [0, 0.1) is 0 Å². The van der Waals surface area contributed by atoms with Crippen LogP contribution < -0.4 is 0 Å². The summed E-state index contributed by atoms with van der Waals surface area (Å²) in [5.74, 6) is 0. The molecule has 0 rings (SSSR count). The molecule has 0 aliphatic heterocycles. The van der Waals surface area contributed by atoms with Gasteiger partial charge in [-0.1, -0.05) is 104 Å². The van der Waals surface area contributed by atoms with Gasteiger partial charge in [0.1, 0.15) is 0 Å². The second kappa shape index (κ2) is 31.2. The van der Waals surface area contributed by atoms with E-state index in [4.69, 9.17) is 57.7 Å². The van der Waals surface area contributed by atoms with E-state index in [0.717, 1.165) is 0 Å². The fraction of sp³-hybridized carbons (Fsp3) is 1.00. The molecule has 34 heavy (non-hydrogen) atoms. The van der Waals surface area contributed by atoms with Gasteiger partial charge in [-0.15, -0.1) is 0 Å². The smallest absolute Gasteiger partial charge is 0.303 e. The SMILES string of the molecule is CCCCCCCCCCCCCCCC.FCF.O=P(O)(O)O.O=P(O)(O)O.O=P(O)(O)O. The van der Waals surface area contributed by atoms with Crippen LogP contribution in [0.2, 0.25) is 0 Å². The van der Waals surface area contributed by atoms with E-state index in [0.29, 0.717) is 0 Å². The maximum absolute atomic E-state index is 9.62. The van der Waals surface area contributed by atoms with Gasteiger partial charge in [0.2, 0.25) is 6.93 Å². The zero-order valence-electron chi connectivity index (χ0n) is 20.0. The minimum atomic E-state index is -4.64. The van der Waals surface area contributed by atoms with Crippen molar-refractivity contribution in [3.05, 3.63) is 0 Å². The molecular weight excluding hydrogens is 527 g/mol. The second-order valence-corrected chi connectivity index (χ2v) is 9.96. The van der Waals surface area contributed by atoms with Crippen LogP contribution in [-0.2, 0) is 13.7 Å². The van der Waals surface area contributed by atoms with Crippen molar-refractivity contribution in [1.82, 2.24) is 0 Å². The van der Waals surface area contributed by atoms with Crippen LogP contribution in [0.25, 0.3) is 0 Å². The molecule has 0 aliphatic rings. The summed E-state index contributed by atoms with van der Waals surface area (Å²) in [5, 5.41) is 0. The fourth-order valence-corrected chi connectivity index (χ4v) is 2.27. The Bertz CT molecular complexity index is 426. The van der Waals surface area contributed by atoms with E-state index in [-0.39, 0.29) is 0 Å². The number of hydrogen-bond donors (Lipinski definition) is 9. The summed E-state index contributed by atoms with van der Waals surface area (Å²) < 4.78 is 45.9. The predicted molar refractivity (Wildman–Crippen MR) is 126 cm³/mol. The van der Waals surface area contributed by atoms with Crippen LogP contribution >= 0.6 is 23.5 Å². The van der Waals surface area contributed by atoms with Gasteiger partial charge in [-0.3, -0.25) is 0 Å². The quantitative estimate of drug-likeness (QED) is 0.109. The summed E-state index contributed by atoms with van der Waals surface area (Å²) in [4.78, 5) is 64.7. The molecule has 0 fully saturated rings. The average Bonchev–Trinajstić information content (AvgIpc) is 2.59. The number of rotatable bonds is 13. The number of alkyl halides is 2. The predicted octanol–water partition coefficient (Wildman–Crippen LogP) is 4.58. The van der Waals surface area contributed by atoms with Crippen LogP contribution in [0.3, 0.4) is 0 Å². The first kappa shape index (κ1) is 44.2. The molecule has 0 aliphatic carbocycles. The van der Waals surface area contributed by atoms with Crippen molar-refractivity contribution in [2.24, 2.45) is 0 Å². The molecule has 214 valence electrons. The van der Waals surface area contributed by atoms with Crippen LogP contribution in [0.1, 0.15) is 104 Å². The van der Waals surface area contributed by atoms with Crippen molar-refractivity contribution in [3.8, 4) is 0 Å². The Hall–Kier alpha value is 0.190. The number of halogens is 2. The highest BCUT2D eigenvalue weighted by molar-refractivity contribution is 7.45. The maximum Gasteiger partial charge on any atom is 0.466 e. The van der Waals surface area contributed by atoms with E-state index in [1.54, 1.807) is 0 Å². The highest BCUT2D eigenvalue weighted by Crippen LogP contribution is 2.26. The van der Waals surface area contributed by atoms with Crippen LogP contribution in [-0.4, -0.2) is 51.0 Å². The summed E-state index contributed by atoms with van der Waals surface area (Å²) in [5.41, 5.74) is 0. The Kier molecular flexibility index (Phi) is 40.6. The highest BCUT2D eigenvalue weighted by atomic mass is 31.2. The second-order valence-electron chi connectivity index (χ2n) is 6.88. The molecule has 0 bridgehead atoms. The number of unbranched alkanes of at least 4 members (excludes halogenated alkanes) is 13. The first-order valence-electron chi connectivity index (χ1n) is 10.8. The highest BCUT2D eigenvalue weighted by Gasteiger charge is 2.01. The van der Waals surface area contributed by atoms with Gasteiger partial charge in [0.15, 0.2) is 0 Å². The number of hydrogen-bond acceptors (Lipinski definition) is 3. The van der Waals surface area contributed by atoms with E-state index >= 15 is 0 Å². The first-order chi connectivity index (χ1) is 15.3. The minimum absolute atomic E-state index is 1.37. The Balaban J connectivity index is -0.000000127. The van der Waals surface area contributed by atoms with Gasteiger partial charge in [-0.2, -0.15) is 0 Å². The lowest BCUT2D eigenvalue weighted by molar-refractivity contribution is 0.272. The maximum atomic E-state index is 9.62. The minimum Gasteiger partial charge on any atom is -0.303 e. The fourth-order valence-electron chi connectivity index (χ4n) is 2.27. The molecule has 0 spiro atoms. The van der Waals surface area contributed by atoms with Gasteiger partial charge in [0, 0.05) is 0 Å². The summed E-state index contributed by atoms with van der Waals surface area (Å²) in [6.07, 6.45) is 20.4. The molecular formula is C17H45F2O12P3. The summed E-state index contributed by atoms with van der Waals surface area (Å²) in [6.45, 7) is 2.83. The Morgan fingerprint density at radius 3 is 0.588 bits per heavy atom. The molecule has 12 nitrogen and oxygen atoms in total. The molecule has 0 saturated carbocycles. The normalized spacial score (nSPS) is 10.9. The van der Waals surface area contributed by atoms with E-state index in [2.05, 4.69) is 13.8 Å². The molecule has 9 N–H and O–H groups in total. The van der Waals surface area contributed by atoms with Crippen molar-refractivity contribution < 1.29 is 66.5 Å². The Morgan fingerprint density at radius 2 is 0.500 bits per heavy atom. The molecule has 0 amide bonds. The first-order valence-corrected chi connectivity index (χ1v) is 15.5. The van der Waals surface area contributed by atoms with Crippen LogP contribution in [0.4, 0.5) is 8.78 Å². The molecule has 17 heteroatoms. The summed E-state index contributed by atoms with van der Waals surface area (Å²) in [7, 11) is -13.9. The lowest BCUT2D eigenvalue weighted by Gasteiger charge is -2.02. The van der Waals surface area contributed by atoms with Crippen molar-refractivity contribution in [1.29, 1.82) is 0 Å². The van der Waals surface area contributed by atoms with Gasteiger partial charge < -0.3 is 44.0 Å². The molecule has 0 saturated heterocycles. The lowest BCUT2D eigenvalue weighted by Crippen LogP contribution is -1.82. The molecule has 0 heterocycles. The van der Waals surface area contributed by atoms with Crippen molar-refractivity contribution in [2.45, 2.75) is 104 Å².